The van der Waals surface area contributed by atoms with E-state index in [0.717, 1.165) is 60.6 Å². The molecule has 7 aromatic carbocycles. The lowest BCUT2D eigenvalue weighted by molar-refractivity contribution is -0.385. The number of likely N-dealkylation sites (tertiary alicyclic amines) is 1. The molecule has 7 fully saturated rings. The summed E-state index contributed by atoms with van der Waals surface area (Å²) < 4.78 is 66.2. The van der Waals surface area contributed by atoms with Crippen LogP contribution in [0.25, 0.3) is 42.5 Å². The van der Waals surface area contributed by atoms with Crippen LogP contribution >= 0.6 is 0 Å². The second kappa shape index (κ2) is 60.6. The highest BCUT2D eigenvalue weighted by atomic mass is 16.7. The van der Waals surface area contributed by atoms with Crippen LogP contribution in [0.3, 0.4) is 0 Å². The van der Waals surface area contributed by atoms with Crippen molar-refractivity contribution in [3.63, 3.8) is 0 Å². The van der Waals surface area contributed by atoms with Gasteiger partial charge in [0, 0.05) is 150 Å². The van der Waals surface area contributed by atoms with E-state index in [-0.39, 0.29) is 87.0 Å². The van der Waals surface area contributed by atoms with E-state index >= 15 is 0 Å². The number of nitro groups is 5. The third kappa shape index (κ3) is 37.3. The fraction of sp³-hybridized carbons (Fsp3) is 0.388. The van der Waals surface area contributed by atoms with Crippen LogP contribution in [0.15, 0.2) is 180 Å². The number of ether oxygens (including phenoxy) is 13. The maximum atomic E-state index is 12.3. The number of morpholine rings is 6. The molecule has 0 radical (unpaired) electrons. The fourth-order valence-electron chi connectivity index (χ4n) is 14.9. The van der Waals surface area contributed by atoms with Crippen LogP contribution in [0.2, 0.25) is 0 Å². The lowest BCUT2D eigenvalue weighted by atomic mass is 10.1. The molecular weight excluding hydrogens is 1890 g/mol. The SMILES string of the molecule is COc1ccc(/C=C(\C)C(=O)N2CCCCC2)cc1[N+](=O)[O-].COc1ccc(/C=C(\C)C(=O)N2CCOCC2)c([N+](=O)[O-])c1.COc1ccc(/C=C(\C)C(=O)N2CCOCC2)cc1.COc1ccc(/C=C(\C)C(=O)N2CCOCC2)cc1[N+](=O)[O-].COc1ccc(/C=C/C(=O)N2CCOCC2)c([N+](=O)[O-])c1.COc1ccc(/C=C/C(=O)N2CCOCC2)cc1.COc1ccc(/C=C/C(=O)N2CCOCC2)cc1[N+](=O)[O-]. The molecule has 0 atom stereocenters. The van der Waals surface area contributed by atoms with E-state index in [1.54, 1.807) is 132 Å². The minimum absolute atomic E-state index is 0.00169. The van der Waals surface area contributed by atoms with Gasteiger partial charge in [0.25, 0.3) is 11.4 Å². The largest absolute Gasteiger partial charge is 0.497 e. The molecule has 7 aliphatic rings. The predicted molar refractivity (Wildman–Crippen MR) is 541 cm³/mol. The van der Waals surface area contributed by atoms with Crippen molar-refractivity contribution in [2.45, 2.75) is 47.0 Å². The van der Waals surface area contributed by atoms with Gasteiger partial charge in [0.05, 0.1) is 177 Å². The molecule has 7 saturated heterocycles. The fourth-order valence-corrected chi connectivity index (χ4v) is 14.9. The summed E-state index contributed by atoms with van der Waals surface area (Å²) in [6.45, 7) is 22.3. The first kappa shape index (κ1) is 115. The molecular formula is C103H124N12O30. The van der Waals surface area contributed by atoms with Crippen molar-refractivity contribution in [2.24, 2.45) is 0 Å². The van der Waals surface area contributed by atoms with Gasteiger partial charge in [0.15, 0.2) is 17.2 Å². The third-order valence-electron chi connectivity index (χ3n) is 22.9. The quantitative estimate of drug-likeness (QED) is 0.0276. The topological polar surface area (TPSA) is 478 Å². The van der Waals surface area contributed by atoms with Gasteiger partial charge in [-0.25, -0.2) is 0 Å². The van der Waals surface area contributed by atoms with Crippen molar-refractivity contribution in [3.8, 4) is 40.2 Å². The van der Waals surface area contributed by atoms with Crippen molar-refractivity contribution in [1.82, 2.24) is 34.3 Å². The molecule has 7 aromatic rings. The number of hydrogen-bond acceptors (Lipinski definition) is 30. The monoisotopic (exact) mass is 2010 g/mol. The molecule has 0 unspecified atom stereocenters. The number of rotatable bonds is 26. The summed E-state index contributed by atoms with van der Waals surface area (Å²) in [6, 6.07) is 38.1. The van der Waals surface area contributed by atoms with Gasteiger partial charge < -0.3 is 95.9 Å². The maximum absolute atomic E-state index is 12.3. The number of methoxy groups -OCH3 is 7. The van der Waals surface area contributed by atoms with E-state index in [2.05, 4.69) is 0 Å². The van der Waals surface area contributed by atoms with E-state index < -0.39 is 24.6 Å². The van der Waals surface area contributed by atoms with Crippen LogP contribution in [0, 0.1) is 50.6 Å². The van der Waals surface area contributed by atoms with Crippen LogP contribution < -0.4 is 33.2 Å². The lowest BCUT2D eigenvalue weighted by Crippen LogP contribution is -2.41. The van der Waals surface area contributed by atoms with E-state index in [4.69, 9.17) is 61.6 Å². The minimum Gasteiger partial charge on any atom is -0.497 e. The second-order valence-electron chi connectivity index (χ2n) is 32.7. The number of nitrogens with zero attached hydrogens (tertiary/aromatic N) is 12. The zero-order valence-corrected chi connectivity index (χ0v) is 83.2. The van der Waals surface area contributed by atoms with E-state index in [0.29, 0.717) is 214 Å². The first-order valence-electron chi connectivity index (χ1n) is 46.5. The van der Waals surface area contributed by atoms with E-state index in [1.165, 1.54) is 102 Å². The summed E-state index contributed by atoms with van der Waals surface area (Å²) in [4.78, 5) is 150. The zero-order valence-electron chi connectivity index (χ0n) is 83.2. The summed E-state index contributed by atoms with van der Waals surface area (Å²) in [5.74, 6) is 2.63. The van der Waals surface area contributed by atoms with Crippen LogP contribution in [0.5, 0.6) is 40.2 Å². The Morgan fingerprint density at radius 2 is 0.503 bits per heavy atom. The second-order valence-corrected chi connectivity index (χ2v) is 32.7. The number of amides is 7. The van der Waals surface area contributed by atoms with Gasteiger partial charge in [-0.3, -0.25) is 84.1 Å². The summed E-state index contributed by atoms with van der Waals surface area (Å²) in [6.07, 6.45) is 19.2. The summed E-state index contributed by atoms with van der Waals surface area (Å²) in [5, 5.41) is 55.2. The van der Waals surface area contributed by atoms with Crippen LogP contribution in [-0.2, 0) is 62.0 Å². The molecule has 0 aromatic heterocycles. The van der Waals surface area contributed by atoms with Gasteiger partial charge in [-0.05, 0) is 184 Å². The van der Waals surface area contributed by atoms with Gasteiger partial charge >= 0.3 is 17.1 Å². The standard InChI is InChI=1S/C16H20N2O4.2C15H18N2O5.C15H19NO3.2C14H16N2O5.C14H17NO3/c1-12(16(19)17-8-4-3-5-9-17)10-13-6-7-15(22-2)14(11-13)18(20)21;1-11(15(18)16-5-7-22-8-6-16)9-12-3-4-13(21-2)10-14(12)17(19)20;1-11(15(18)16-5-7-22-8-6-16)9-12-3-4-14(21-2)13(10-12)17(19)20;1-12(15(17)16-7-9-19-10-8-16)11-13-3-5-14(18-2)6-4-13;1-20-12-4-2-11(13(10-12)16(18)19)3-5-14(17)15-6-8-21-9-7-15;1-20-13-4-2-11(10-12(13)16(18)19)3-5-14(17)15-6-8-21-9-7-15;1-17-13-5-2-12(3-6-13)4-7-14(16)15-8-10-18-11-9-15/h6-7,10-11H,3-5,8-9H2,1-2H3;2*3-4,9-10H,5-8H2,1-2H3;3-6,11H,7-10H2,1-2H3;2*2-5,10H,6-9H2,1H3;2-7H,8-11H2,1H3/b12-10+;2*11-9+;12-11+;2*5-3+;7-4+. The average Bonchev–Trinajstić information content (AvgIpc) is 0.821. The van der Waals surface area contributed by atoms with E-state index in [9.17, 15) is 84.1 Å². The Kier molecular flexibility index (Phi) is 47.9. The lowest BCUT2D eigenvalue weighted by Gasteiger charge is -2.27. The Bertz CT molecular complexity index is 5670. The Labute approximate surface area is 839 Å². The molecule has 0 aliphatic carbocycles. The minimum atomic E-state index is -0.514. The third-order valence-corrected chi connectivity index (χ3v) is 22.9. The van der Waals surface area contributed by atoms with Crippen LogP contribution in [0.4, 0.5) is 28.4 Å². The smallest absolute Gasteiger partial charge is 0.311 e. The van der Waals surface area contributed by atoms with Gasteiger partial charge in [-0.1, -0.05) is 42.5 Å². The molecule has 7 heterocycles. The van der Waals surface area contributed by atoms with Crippen molar-refractivity contribution in [1.29, 1.82) is 0 Å². The van der Waals surface area contributed by atoms with Gasteiger partial charge in [0.1, 0.15) is 23.0 Å². The highest BCUT2D eigenvalue weighted by Crippen LogP contribution is 2.34. The number of benzene rings is 7. The number of nitro benzene ring substituents is 5. The highest BCUT2D eigenvalue weighted by molar-refractivity contribution is 6.00. The summed E-state index contributed by atoms with van der Waals surface area (Å²) in [7, 11) is 10.3. The van der Waals surface area contributed by atoms with Gasteiger partial charge in [0.2, 0.25) is 41.4 Å². The first-order chi connectivity index (χ1) is 69.8. The molecule has 0 spiro atoms. The molecule has 7 aliphatic heterocycles. The van der Waals surface area contributed by atoms with Gasteiger partial charge in [-0.15, -0.1) is 0 Å². The van der Waals surface area contributed by atoms with Crippen molar-refractivity contribution < 1.29 is 120 Å². The molecule has 0 N–H and O–H groups in total. The summed E-state index contributed by atoms with van der Waals surface area (Å²) in [5.41, 5.74) is 6.28. The normalized spacial score (nSPS) is 15.6. The average molecular weight is 2010 g/mol. The Hall–Kier alpha value is -15.6. The van der Waals surface area contributed by atoms with Crippen molar-refractivity contribution >= 4 is 112 Å². The highest BCUT2D eigenvalue weighted by Gasteiger charge is 2.27. The maximum Gasteiger partial charge on any atom is 0.311 e. The van der Waals surface area contributed by atoms with Crippen LogP contribution in [0.1, 0.15) is 85.9 Å². The van der Waals surface area contributed by atoms with Crippen LogP contribution in [-0.4, -0.2) is 321 Å². The Morgan fingerprint density at radius 1 is 0.255 bits per heavy atom. The Balaban J connectivity index is 0.000000207. The molecule has 145 heavy (non-hydrogen) atoms. The Morgan fingerprint density at radius 3 is 0.821 bits per heavy atom. The number of hydrogen-bond donors (Lipinski definition) is 0. The number of piperidine rings is 1. The molecule has 7 amide bonds. The number of carbonyl (C=O) groups excluding carboxylic acids is 7. The van der Waals surface area contributed by atoms with Gasteiger partial charge in [-0.2, -0.15) is 0 Å². The number of carbonyl (C=O) groups is 7. The van der Waals surface area contributed by atoms with E-state index in [1.807, 2.05) is 77.4 Å². The molecule has 776 valence electrons. The molecule has 0 saturated carbocycles. The first-order valence-corrected chi connectivity index (χ1v) is 46.5. The molecule has 0 bridgehead atoms. The molecule has 14 rings (SSSR count). The molecule has 42 heteroatoms. The zero-order chi connectivity index (χ0) is 105. The van der Waals surface area contributed by atoms with Crippen molar-refractivity contribution in [2.75, 3.05) is 221 Å². The predicted octanol–water partition coefficient (Wildman–Crippen LogP) is 13.2. The molecule has 42 nitrogen and oxygen atoms in total. The van der Waals surface area contributed by atoms with Crippen molar-refractivity contribution in [3.05, 3.63) is 270 Å². The summed E-state index contributed by atoms with van der Waals surface area (Å²) >= 11 is 0.